The fraction of sp³-hybridized carbons (Fsp3) is 0.261. The Labute approximate surface area is 216 Å². The number of hydrogen-bond acceptors (Lipinski definition) is 6. The monoisotopic (exact) mass is 476 g/mol. The van der Waals surface area contributed by atoms with Crippen molar-refractivity contribution in [3.63, 3.8) is 0 Å². The van der Waals surface area contributed by atoms with E-state index >= 15 is 0 Å². The number of alkyl halides is 3. The number of nitrogens with one attached hydrogen (secondary N) is 2. The van der Waals surface area contributed by atoms with Gasteiger partial charge < -0.3 is 5.32 Å². The minimum absolute atomic E-state index is 0. The minimum atomic E-state index is -4.61. The van der Waals surface area contributed by atoms with Crippen molar-refractivity contribution in [2.75, 3.05) is 5.32 Å². The molecule has 2 aromatic carbocycles. The van der Waals surface area contributed by atoms with Gasteiger partial charge in [-0.15, -0.1) is 10.2 Å². The van der Waals surface area contributed by atoms with Crippen LogP contribution in [0.5, 0.6) is 0 Å². The van der Waals surface area contributed by atoms with Crippen LogP contribution in [0.2, 0.25) is 0 Å². The van der Waals surface area contributed by atoms with E-state index in [9.17, 15) is 13.2 Å². The Kier molecular flexibility index (Phi) is 8.06. The van der Waals surface area contributed by atoms with Gasteiger partial charge in [-0.05, 0) is 34.7 Å². The topological polar surface area (TPSA) is 92.3 Å². The first kappa shape index (κ1) is 25.8. The Hall–Kier alpha value is -2.82. The standard InChI is InChI=1S/C23H22F3N7.Na/c1-13(2)19-14(3)28-22(23(24,25)26)29-21(19)27-12-15-8-10-16(11-9-15)17-6-4-5-7-18(17)20-30-32-33-31-20;/h4-11,13H,12H2,1-3H3,(H,27,28,29)(H,30,31,32,33);/q;+1. The van der Waals surface area contributed by atoms with Crippen LogP contribution in [0.15, 0.2) is 48.5 Å². The fourth-order valence-electron chi connectivity index (χ4n) is 3.73. The molecule has 4 aromatic rings. The summed E-state index contributed by atoms with van der Waals surface area (Å²) >= 11 is 0. The zero-order valence-electron chi connectivity index (χ0n) is 19.3. The van der Waals surface area contributed by atoms with Gasteiger partial charge in [0.15, 0.2) is 0 Å². The van der Waals surface area contributed by atoms with E-state index in [-0.39, 0.29) is 41.3 Å². The van der Waals surface area contributed by atoms with E-state index in [0.717, 1.165) is 22.3 Å². The summed E-state index contributed by atoms with van der Waals surface area (Å²) in [6, 6.07) is 15.5. The van der Waals surface area contributed by atoms with Crippen LogP contribution in [0.4, 0.5) is 19.0 Å². The molecule has 0 aliphatic carbocycles. The van der Waals surface area contributed by atoms with Gasteiger partial charge in [0.25, 0.3) is 0 Å². The summed E-state index contributed by atoms with van der Waals surface area (Å²) < 4.78 is 39.6. The molecule has 0 radical (unpaired) electrons. The van der Waals surface area contributed by atoms with Crippen LogP contribution in [-0.4, -0.2) is 30.6 Å². The third kappa shape index (κ3) is 5.63. The van der Waals surface area contributed by atoms with E-state index < -0.39 is 12.0 Å². The first-order valence-electron chi connectivity index (χ1n) is 10.4. The van der Waals surface area contributed by atoms with Crippen molar-refractivity contribution in [1.82, 2.24) is 30.6 Å². The maximum atomic E-state index is 13.2. The van der Waals surface area contributed by atoms with Crippen LogP contribution in [-0.2, 0) is 12.7 Å². The molecule has 34 heavy (non-hydrogen) atoms. The predicted octanol–water partition coefficient (Wildman–Crippen LogP) is 2.39. The second-order valence-electron chi connectivity index (χ2n) is 7.88. The predicted molar refractivity (Wildman–Crippen MR) is 118 cm³/mol. The number of aromatic nitrogens is 6. The number of nitrogens with zero attached hydrogens (tertiary/aromatic N) is 5. The molecule has 0 saturated carbocycles. The van der Waals surface area contributed by atoms with Gasteiger partial charge in [0, 0.05) is 23.4 Å². The zero-order chi connectivity index (χ0) is 23.6. The normalized spacial score (nSPS) is 11.4. The van der Waals surface area contributed by atoms with Crippen LogP contribution < -0.4 is 34.9 Å². The fourth-order valence-corrected chi connectivity index (χ4v) is 3.73. The van der Waals surface area contributed by atoms with Gasteiger partial charge in [0.1, 0.15) is 5.82 Å². The largest absolute Gasteiger partial charge is 1.00 e. The van der Waals surface area contributed by atoms with Gasteiger partial charge in [-0.1, -0.05) is 62.4 Å². The Balaban J connectivity index is 0.00000324. The molecule has 0 aliphatic heterocycles. The summed E-state index contributed by atoms with van der Waals surface area (Å²) in [5.41, 5.74) is 4.64. The Morgan fingerprint density at radius 3 is 2.24 bits per heavy atom. The van der Waals surface area contributed by atoms with Crippen molar-refractivity contribution in [1.29, 1.82) is 0 Å². The summed E-state index contributed by atoms with van der Waals surface area (Å²) in [5.74, 6) is -0.465. The van der Waals surface area contributed by atoms with Gasteiger partial charge in [-0.25, -0.2) is 9.97 Å². The molecule has 0 bridgehead atoms. The number of aryl methyl sites for hydroxylation is 1. The van der Waals surface area contributed by atoms with Crippen molar-refractivity contribution in [2.24, 2.45) is 0 Å². The molecule has 0 unspecified atom stereocenters. The van der Waals surface area contributed by atoms with Crippen LogP contribution in [0, 0.1) is 6.92 Å². The van der Waals surface area contributed by atoms with E-state index in [4.69, 9.17) is 0 Å². The second kappa shape index (κ2) is 10.6. The second-order valence-corrected chi connectivity index (χ2v) is 7.88. The average molecular weight is 476 g/mol. The van der Waals surface area contributed by atoms with Crippen molar-refractivity contribution >= 4 is 5.82 Å². The number of aromatic amines is 1. The number of H-pyrrole nitrogens is 1. The first-order valence-corrected chi connectivity index (χ1v) is 10.4. The summed E-state index contributed by atoms with van der Waals surface area (Å²) in [6.07, 6.45) is -4.61. The third-order valence-corrected chi connectivity index (χ3v) is 5.21. The van der Waals surface area contributed by atoms with Gasteiger partial charge in [0.2, 0.25) is 11.6 Å². The van der Waals surface area contributed by atoms with Crippen molar-refractivity contribution < 1.29 is 42.7 Å². The van der Waals surface area contributed by atoms with Gasteiger partial charge >= 0.3 is 35.7 Å². The van der Waals surface area contributed by atoms with Crippen LogP contribution in [0.25, 0.3) is 22.5 Å². The van der Waals surface area contributed by atoms with E-state index in [0.29, 0.717) is 23.6 Å². The number of rotatable bonds is 6. The Morgan fingerprint density at radius 1 is 0.971 bits per heavy atom. The summed E-state index contributed by atoms with van der Waals surface area (Å²) in [5, 5.41) is 17.3. The Morgan fingerprint density at radius 2 is 1.65 bits per heavy atom. The molecule has 11 heteroatoms. The molecule has 0 fully saturated rings. The van der Waals surface area contributed by atoms with E-state index in [1.807, 2.05) is 62.4 Å². The molecular weight excluding hydrogens is 454 g/mol. The average Bonchev–Trinajstić information content (AvgIpc) is 3.31. The van der Waals surface area contributed by atoms with Gasteiger partial charge in [-0.3, -0.25) is 0 Å². The number of halogens is 3. The summed E-state index contributed by atoms with van der Waals surface area (Å²) in [6.45, 7) is 5.70. The number of tetrazole rings is 1. The third-order valence-electron chi connectivity index (χ3n) is 5.21. The van der Waals surface area contributed by atoms with Crippen molar-refractivity contribution in [2.45, 2.75) is 39.4 Å². The van der Waals surface area contributed by atoms with Gasteiger partial charge in [-0.2, -0.15) is 18.4 Å². The van der Waals surface area contributed by atoms with Crippen LogP contribution >= 0.6 is 0 Å². The first-order chi connectivity index (χ1) is 15.7. The molecule has 0 saturated heterocycles. The molecule has 2 aromatic heterocycles. The number of anilines is 1. The zero-order valence-corrected chi connectivity index (χ0v) is 21.3. The van der Waals surface area contributed by atoms with E-state index in [2.05, 4.69) is 35.9 Å². The van der Waals surface area contributed by atoms with Crippen molar-refractivity contribution in [3.05, 3.63) is 71.2 Å². The van der Waals surface area contributed by atoms with E-state index in [1.165, 1.54) is 0 Å². The molecule has 2 heterocycles. The quantitative estimate of drug-likeness (QED) is 0.416. The van der Waals surface area contributed by atoms with E-state index in [1.54, 1.807) is 6.92 Å². The number of benzene rings is 2. The molecule has 0 spiro atoms. The minimum Gasteiger partial charge on any atom is -0.366 e. The van der Waals surface area contributed by atoms with Crippen LogP contribution in [0.1, 0.15) is 42.4 Å². The molecule has 4 rings (SSSR count). The summed E-state index contributed by atoms with van der Waals surface area (Å²) in [4.78, 5) is 7.44. The number of hydrogen-bond donors (Lipinski definition) is 2. The SMILES string of the molecule is Cc1nc(C(F)(F)F)nc(NCc2ccc(-c3ccccc3-c3nn[nH]n3)cc2)c1C(C)C.[Na+]. The molecule has 7 nitrogen and oxygen atoms in total. The van der Waals surface area contributed by atoms with Crippen LogP contribution in [0.3, 0.4) is 0 Å². The molecular formula is C23H22F3N7Na+. The summed E-state index contributed by atoms with van der Waals surface area (Å²) in [7, 11) is 0. The molecule has 0 aliphatic rings. The molecule has 0 atom stereocenters. The molecule has 170 valence electrons. The Bertz CT molecular complexity index is 1240. The molecule has 2 N–H and O–H groups in total. The molecule has 0 amide bonds. The van der Waals surface area contributed by atoms with Gasteiger partial charge in [0.05, 0.1) is 0 Å². The maximum absolute atomic E-state index is 13.2. The van der Waals surface area contributed by atoms with Crippen molar-refractivity contribution in [3.8, 4) is 22.5 Å². The maximum Gasteiger partial charge on any atom is 1.00 e. The smallest absolute Gasteiger partial charge is 0.366 e.